The molecule has 2 amide bonds. The van der Waals surface area contributed by atoms with E-state index in [0.29, 0.717) is 28.0 Å². The molecule has 0 bridgehead atoms. The molecule has 144 valence electrons. The number of hydrogen-bond acceptors (Lipinski definition) is 5. The maximum Gasteiger partial charge on any atom is 0.323 e. The highest BCUT2D eigenvalue weighted by molar-refractivity contribution is 6.30. The zero-order chi connectivity index (χ0) is 20.1. The number of amides is 2. The van der Waals surface area contributed by atoms with Crippen LogP contribution < -0.4 is 16.0 Å². The Morgan fingerprint density at radius 3 is 2.21 bits per heavy atom. The highest BCUT2D eigenvalue weighted by Gasteiger charge is 2.04. The lowest BCUT2D eigenvalue weighted by Gasteiger charge is -2.10. The van der Waals surface area contributed by atoms with Crippen molar-refractivity contribution in [1.82, 2.24) is 19.5 Å². The monoisotopic (exact) mass is 405 g/mol. The number of urea groups is 1. The average Bonchev–Trinajstić information content (AvgIpc) is 3.26. The molecule has 0 saturated carbocycles. The van der Waals surface area contributed by atoms with Crippen LogP contribution >= 0.6 is 11.6 Å². The molecule has 8 nitrogen and oxygen atoms in total. The minimum absolute atomic E-state index is 0.339. The SMILES string of the molecule is O=C(Nc1ccc(Cl)cc1)Nc1ccc(Nc2cc(-n3ccnc3)ncn2)cc1. The van der Waals surface area contributed by atoms with Crippen molar-refractivity contribution in [1.29, 1.82) is 0 Å². The van der Waals surface area contributed by atoms with Gasteiger partial charge in [-0.1, -0.05) is 11.6 Å². The molecule has 0 aliphatic carbocycles. The van der Waals surface area contributed by atoms with E-state index >= 15 is 0 Å². The summed E-state index contributed by atoms with van der Waals surface area (Å²) in [7, 11) is 0. The number of rotatable bonds is 5. The van der Waals surface area contributed by atoms with Crippen molar-refractivity contribution in [2.45, 2.75) is 0 Å². The Morgan fingerprint density at radius 2 is 1.55 bits per heavy atom. The summed E-state index contributed by atoms with van der Waals surface area (Å²) in [5.74, 6) is 1.35. The molecule has 2 heterocycles. The molecule has 0 spiro atoms. The van der Waals surface area contributed by atoms with E-state index in [4.69, 9.17) is 11.6 Å². The molecule has 0 unspecified atom stereocenters. The lowest BCUT2D eigenvalue weighted by Crippen LogP contribution is -2.19. The molecule has 29 heavy (non-hydrogen) atoms. The van der Waals surface area contributed by atoms with Crippen LogP contribution in [0.15, 0.2) is 79.6 Å². The van der Waals surface area contributed by atoms with E-state index in [1.165, 1.54) is 6.33 Å². The maximum absolute atomic E-state index is 12.1. The minimum atomic E-state index is -0.339. The van der Waals surface area contributed by atoms with E-state index in [0.717, 1.165) is 5.69 Å². The Balaban J connectivity index is 1.37. The Hall–Kier alpha value is -3.91. The van der Waals surface area contributed by atoms with Crippen LogP contribution in [-0.4, -0.2) is 25.6 Å². The topological polar surface area (TPSA) is 96.8 Å². The largest absolute Gasteiger partial charge is 0.340 e. The van der Waals surface area contributed by atoms with Crippen LogP contribution in [0.2, 0.25) is 5.02 Å². The Labute approximate surface area is 171 Å². The molecule has 2 aromatic heterocycles. The highest BCUT2D eigenvalue weighted by Crippen LogP contribution is 2.19. The second-order valence-corrected chi connectivity index (χ2v) is 6.46. The number of carbonyl (C=O) groups is 1. The Kier molecular flexibility index (Phi) is 5.35. The number of carbonyl (C=O) groups excluding carboxylic acids is 1. The minimum Gasteiger partial charge on any atom is -0.340 e. The van der Waals surface area contributed by atoms with Crippen molar-refractivity contribution < 1.29 is 4.79 Å². The van der Waals surface area contributed by atoms with Crippen LogP contribution in [0, 0.1) is 0 Å². The van der Waals surface area contributed by atoms with Gasteiger partial charge in [-0.2, -0.15) is 0 Å². The van der Waals surface area contributed by atoms with Crippen LogP contribution in [0.25, 0.3) is 5.82 Å². The number of hydrogen-bond donors (Lipinski definition) is 3. The Bertz CT molecular complexity index is 1100. The van der Waals surface area contributed by atoms with Crippen molar-refractivity contribution in [2.24, 2.45) is 0 Å². The van der Waals surface area contributed by atoms with E-state index in [-0.39, 0.29) is 6.03 Å². The van der Waals surface area contributed by atoms with Gasteiger partial charge in [0.2, 0.25) is 0 Å². The van der Waals surface area contributed by atoms with Gasteiger partial charge in [0.25, 0.3) is 0 Å². The lowest BCUT2D eigenvalue weighted by molar-refractivity contribution is 0.262. The summed E-state index contributed by atoms with van der Waals surface area (Å²) in [5.41, 5.74) is 2.13. The first kappa shape index (κ1) is 18.5. The lowest BCUT2D eigenvalue weighted by atomic mass is 10.2. The van der Waals surface area contributed by atoms with Gasteiger partial charge in [-0.05, 0) is 48.5 Å². The summed E-state index contributed by atoms with van der Waals surface area (Å²) in [6, 6.07) is 15.6. The molecule has 2 aromatic carbocycles. The van der Waals surface area contributed by atoms with Gasteiger partial charge in [0.05, 0.1) is 0 Å². The highest BCUT2D eigenvalue weighted by atomic mass is 35.5. The molecule has 0 aliphatic rings. The number of aromatic nitrogens is 4. The average molecular weight is 406 g/mol. The van der Waals surface area contributed by atoms with Gasteiger partial charge < -0.3 is 16.0 Å². The van der Waals surface area contributed by atoms with Crippen molar-refractivity contribution in [3.05, 3.63) is 84.7 Å². The fourth-order valence-corrected chi connectivity index (χ4v) is 2.69. The van der Waals surface area contributed by atoms with E-state index in [1.807, 2.05) is 24.4 Å². The third-order valence-corrected chi connectivity index (χ3v) is 4.19. The Morgan fingerprint density at radius 1 is 0.897 bits per heavy atom. The smallest absolute Gasteiger partial charge is 0.323 e. The summed E-state index contributed by atoms with van der Waals surface area (Å²) in [6.07, 6.45) is 6.64. The predicted octanol–water partition coefficient (Wildman–Crippen LogP) is 4.70. The third kappa shape index (κ3) is 4.88. The molecule has 0 aliphatic heterocycles. The van der Waals surface area contributed by atoms with E-state index in [2.05, 4.69) is 30.9 Å². The van der Waals surface area contributed by atoms with E-state index in [9.17, 15) is 4.79 Å². The van der Waals surface area contributed by atoms with Gasteiger partial charge in [0.1, 0.15) is 24.3 Å². The third-order valence-electron chi connectivity index (χ3n) is 3.94. The molecule has 0 atom stereocenters. The summed E-state index contributed by atoms with van der Waals surface area (Å²) >= 11 is 5.84. The van der Waals surface area contributed by atoms with Gasteiger partial charge in [-0.15, -0.1) is 0 Å². The van der Waals surface area contributed by atoms with Gasteiger partial charge in [0, 0.05) is 40.5 Å². The molecule has 9 heteroatoms. The van der Waals surface area contributed by atoms with Gasteiger partial charge in [-0.3, -0.25) is 4.57 Å². The summed E-state index contributed by atoms with van der Waals surface area (Å²) < 4.78 is 1.79. The van der Waals surface area contributed by atoms with Gasteiger partial charge >= 0.3 is 6.03 Å². The van der Waals surface area contributed by atoms with Crippen LogP contribution in [0.4, 0.5) is 27.7 Å². The zero-order valence-corrected chi connectivity index (χ0v) is 15.8. The molecule has 4 aromatic rings. The first-order valence-corrected chi connectivity index (χ1v) is 9.04. The molecule has 0 fully saturated rings. The predicted molar refractivity (Wildman–Crippen MR) is 113 cm³/mol. The molecule has 4 rings (SSSR count). The molecule has 3 N–H and O–H groups in total. The number of anilines is 4. The fraction of sp³-hybridized carbons (Fsp3) is 0. The standard InChI is InChI=1S/C20H16ClN7O/c21-14-1-3-16(4-2-14)26-20(29)27-17-7-5-15(6-8-17)25-18-11-19(24-12-23-18)28-10-9-22-13-28/h1-13H,(H,23,24,25)(H2,26,27,29). The maximum atomic E-state index is 12.1. The molecular weight excluding hydrogens is 390 g/mol. The van der Waals surface area contributed by atoms with Crippen molar-refractivity contribution in [3.63, 3.8) is 0 Å². The molecular formula is C20H16ClN7O. The normalized spacial score (nSPS) is 10.4. The van der Waals surface area contributed by atoms with Crippen molar-refractivity contribution in [2.75, 3.05) is 16.0 Å². The summed E-state index contributed by atoms with van der Waals surface area (Å²) in [5, 5.41) is 9.34. The van der Waals surface area contributed by atoms with E-state index in [1.54, 1.807) is 53.5 Å². The number of nitrogens with zero attached hydrogens (tertiary/aromatic N) is 4. The first-order valence-electron chi connectivity index (χ1n) is 8.67. The summed E-state index contributed by atoms with van der Waals surface area (Å²) in [4.78, 5) is 24.6. The fourth-order valence-electron chi connectivity index (χ4n) is 2.56. The van der Waals surface area contributed by atoms with Crippen molar-refractivity contribution in [3.8, 4) is 5.82 Å². The zero-order valence-electron chi connectivity index (χ0n) is 15.1. The summed E-state index contributed by atoms with van der Waals surface area (Å²) in [6.45, 7) is 0. The van der Waals surface area contributed by atoms with Crippen LogP contribution in [0.5, 0.6) is 0 Å². The molecule has 0 radical (unpaired) electrons. The van der Waals surface area contributed by atoms with Gasteiger partial charge in [0.15, 0.2) is 0 Å². The van der Waals surface area contributed by atoms with E-state index < -0.39 is 0 Å². The first-order chi connectivity index (χ1) is 14.2. The van der Waals surface area contributed by atoms with Crippen LogP contribution in [-0.2, 0) is 0 Å². The van der Waals surface area contributed by atoms with Crippen molar-refractivity contribution >= 4 is 40.5 Å². The van der Waals surface area contributed by atoms with Crippen LogP contribution in [0.3, 0.4) is 0 Å². The number of benzene rings is 2. The number of imidazole rings is 1. The molecule has 0 saturated heterocycles. The second kappa shape index (κ2) is 8.41. The quantitative estimate of drug-likeness (QED) is 0.447. The van der Waals surface area contributed by atoms with Crippen LogP contribution in [0.1, 0.15) is 0 Å². The van der Waals surface area contributed by atoms with Gasteiger partial charge in [-0.25, -0.2) is 19.7 Å². The number of nitrogens with one attached hydrogen (secondary N) is 3. The second-order valence-electron chi connectivity index (χ2n) is 6.02. The number of halogens is 1.